The van der Waals surface area contributed by atoms with Gasteiger partial charge in [-0.1, -0.05) is 42.5 Å². The highest BCUT2D eigenvalue weighted by molar-refractivity contribution is 6.02. The Morgan fingerprint density at radius 1 is 1.07 bits per heavy atom. The number of carbonyl (C=O) groups excluding carboxylic acids is 2. The molecule has 1 amide bonds. The van der Waals surface area contributed by atoms with Gasteiger partial charge in [-0.15, -0.1) is 5.10 Å². The van der Waals surface area contributed by atoms with Gasteiger partial charge in [-0.25, -0.2) is 4.98 Å². The lowest BCUT2D eigenvalue weighted by Gasteiger charge is -2.05. The van der Waals surface area contributed by atoms with Gasteiger partial charge in [0.2, 0.25) is 5.95 Å². The van der Waals surface area contributed by atoms with Crippen LogP contribution in [0.1, 0.15) is 32.2 Å². The summed E-state index contributed by atoms with van der Waals surface area (Å²) < 4.78 is 6.33. The fourth-order valence-corrected chi connectivity index (χ4v) is 2.87. The highest BCUT2D eigenvalue weighted by Gasteiger charge is 2.19. The number of carbonyl (C=O) groups is 2. The number of nitrogens with zero attached hydrogens (tertiary/aromatic N) is 4. The predicted molar refractivity (Wildman–Crippen MR) is 105 cm³/mol. The van der Waals surface area contributed by atoms with Crippen molar-refractivity contribution in [2.75, 3.05) is 5.32 Å². The average Bonchev–Trinajstić information content (AvgIpc) is 3.39. The Morgan fingerprint density at radius 2 is 1.83 bits per heavy atom. The van der Waals surface area contributed by atoms with Gasteiger partial charge in [0.1, 0.15) is 6.26 Å². The molecule has 144 valence electrons. The number of nitrogens with one attached hydrogen (secondary N) is 1. The van der Waals surface area contributed by atoms with Gasteiger partial charge < -0.3 is 4.42 Å². The zero-order chi connectivity index (χ0) is 20.2. The number of benzene rings is 2. The van der Waals surface area contributed by atoms with Crippen LogP contribution in [0.5, 0.6) is 0 Å². The summed E-state index contributed by atoms with van der Waals surface area (Å²) in [6.45, 7) is 1.88. The molecule has 1 N–H and O–H groups in total. The monoisotopic (exact) mass is 387 g/mol. The second kappa shape index (κ2) is 7.89. The fraction of sp³-hybridized carbons (Fsp3) is 0.0952. The van der Waals surface area contributed by atoms with Crippen molar-refractivity contribution >= 4 is 17.6 Å². The van der Waals surface area contributed by atoms with Crippen LogP contribution in [0.4, 0.5) is 5.95 Å². The van der Waals surface area contributed by atoms with Crippen LogP contribution >= 0.6 is 0 Å². The number of Topliss-reactive ketones (excluding diaryl/α,β-unsaturated/α-hetero) is 1. The minimum atomic E-state index is -0.486. The molecular weight excluding hydrogens is 370 g/mol. The summed E-state index contributed by atoms with van der Waals surface area (Å²) >= 11 is 0. The molecule has 2 heterocycles. The zero-order valence-corrected chi connectivity index (χ0v) is 15.6. The van der Waals surface area contributed by atoms with Gasteiger partial charge in [-0.3, -0.25) is 14.9 Å². The van der Waals surface area contributed by atoms with Gasteiger partial charge in [0, 0.05) is 5.56 Å². The highest BCUT2D eigenvalue weighted by atomic mass is 16.3. The van der Waals surface area contributed by atoms with E-state index in [-0.39, 0.29) is 23.8 Å². The van der Waals surface area contributed by atoms with E-state index in [1.807, 2.05) is 55.5 Å². The summed E-state index contributed by atoms with van der Waals surface area (Å²) in [6.07, 6.45) is 2.42. The first-order chi connectivity index (χ1) is 14.1. The Bertz CT molecular complexity index is 1150. The molecule has 0 fully saturated rings. The van der Waals surface area contributed by atoms with Crippen molar-refractivity contribution in [3.8, 4) is 5.69 Å². The fourth-order valence-electron chi connectivity index (χ4n) is 2.87. The van der Waals surface area contributed by atoms with Gasteiger partial charge in [0.05, 0.1) is 12.1 Å². The van der Waals surface area contributed by atoms with Crippen LogP contribution in [0.15, 0.2) is 71.7 Å². The van der Waals surface area contributed by atoms with Gasteiger partial charge in [0.15, 0.2) is 23.7 Å². The summed E-state index contributed by atoms with van der Waals surface area (Å²) in [5.41, 5.74) is 2.33. The number of hydrogen-bond donors (Lipinski definition) is 1. The standard InChI is InChI=1S/C21H17N5O3/c1-14-7-5-6-10-16(14)18(27)11-19-23-21(24-20(28)17-12-29-13-22-17)26(25-19)15-8-3-2-4-9-15/h2-10,12-13H,11H2,1H3,(H,23,24,25,28). The number of aryl methyl sites for hydroxylation is 1. The molecule has 8 heteroatoms. The van der Waals surface area contributed by atoms with E-state index in [1.54, 1.807) is 6.07 Å². The molecule has 0 spiro atoms. The zero-order valence-electron chi connectivity index (χ0n) is 15.6. The van der Waals surface area contributed by atoms with Crippen LogP contribution in [0.3, 0.4) is 0 Å². The molecule has 0 radical (unpaired) electrons. The van der Waals surface area contributed by atoms with Crippen LogP contribution in [0.2, 0.25) is 0 Å². The number of amides is 1. The third-order valence-corrected chi connectivity index (χ3v) is 4.31. The largest absolute Gasteiger partial charge is 0.451 e. The molecule has 29 heavy (non-hydrogen) atoms. The molecule has 0 aliphatic rings. The van der Waals surface area contributed by atoms with Crippen molar-refractivity contribution in [2.45, 2.75) is 13.3 Å². The average molecular weight is 387 g/mol. The smallest absolute Gasteiger partial charge is 0.279 e. The van der Waals surface area contributed by atoms with Crippen molar-refractivity contribution in [1.29, 1.82) is 0 Å². The van der Waals surface area contributed by atoms with E-state index in [4.69, 9.17) is 4.42 Å². The molecule has 0 bridgehead atoms. The summed E-state index contributed by atoms with van der Waals surface area (Å²) in [6, 6.07) is 16.6. The number of aromatic nitrogens is 4. The molecule has 0 saturated carbocycles. The van der Waals surface area contributed by atoms with E-state index >= 15 is 0 Å². The molecule has 4 aromatic rings. The van der Waals surface area contributed by atoms with Gasteiger partial charge in [-0.05, 0) is 24.6 Å². The lowest BCUT2D eigenvalue weighted by atomic mass is 10.0. The van der Waals surface area contributed by atoms with Crippen LogP contribution in [0.25, 0.3) is 5.69 Å². The SMILES string of the molecule is Cc1ccccc1C(=O)Cc1nc(NC(=O)c2cocn2)n(-c2ccccc2)n1. The number of hydrogen-bond acceptors (Lipinski definition) is 6. The lowest BCUT2D eigenvalue weighted by molar-refractivity contribution is 0.0988. The van der Waals surface area contributed by atoms with E-state index in [9.17, 15) is 9.59 Å². The summed E-state index contributed by atoms with van der Waals surface area (Å²) in [5, 5.41) is 7.11. The number of rotatable bonds is 6. The van der Waals surface area contributed by atoms with E-state index in [0.29, 0.717) is 17.1 Å². The number of ketones is 1. The van der Waals surface area contributed by atoms with Crippen molar-refractivity contribution < 1.29 is 14.0 Å². The Morgan fingerprint density at radius 3 is 2.55 bits per heavy atom. The third kappa shape index (κ3) is 3.96. The first-order valence-electron chi connectivity index (χ1n) is 8.91. The second-order valence-corrected chi connectivity index (χ2v) is 6.34. The predicted octanol–water partition coefficient (Wildman–Crippen LogP) is 3.24. The van der Waals surface area contributed by atoms with Crippen molar-refractivity contribution in [2.24, 2.45) is 0 Å². The molecular formula is C21H17N5O3. The minimum Gasteiger partial charge on any atom is -0.451 e. The lowest BCUT2D eigenvalue weighted by Crippen LogP contribution is -2.16. The maximum Gasteiger partial charge on any atom is 0.279 e. The Kier molecular flexibility index (Phi) is 4.98. The minimum absolute atomic E-state index is 0.0114. The quantitative estimate of drug-likeness (QED) is 0.510. The van der Waals surface area contributed by atoms with Crippen molar-refractivity contribution in [3.63, 3.8) is 0 Å². The third-order valence-electron chi connectivity index (χ3n) is 4.31. The van der Waals surface area contributed by atoms with Crippen molar-refractivity contribution in [1.82, 2.24) is 19.7 Å². The second-order valence-electron chi connectivity index (χ2n) is 6.34. The van der Waals surface area contributed by atoms with Crippen LogP contribution in [-0.4, -0.2) is 31.4 Å². The van der Waals surface area contributed by atoms with Gasteiger partial charge in [-0.2, -0.15) is 9.67 Å². The van der Waals surface area contributed by atoms with E-state index in [2.05, 4.69) is 20.4 Å². The number of para-hydroxylation sites is 1. The van der Waals surface area contributed by atoms with Crippen LogP contribution in [-0.2, 0) is 6.42 Å². The Hall–Kier alpha value is -4.07. The van der Waals surface area contributed by atoms with Crippen molar-refractivity contribution in [3.05, 3.63) is 89.9 Å². The van der Waals surface area contributed by atoms with Gasteiger partial charge in [0.25, 0.3) is 5.91 Å². The van der Waals surface area contributed by atoms with Crippen LogP contribution < -0.4 is 5.32 Å². The molecule has 0 aliphatic heterocycles. The maximum absolute atomic E-state index is 12.7. The summed E-state index contributed by atoms with van der Waals surface area (Å²) in [5.74, 6) is -0.0860. The summed E-state index contributed by atoms with van der Waals surface area (Å²) in [7, 11) is 0. The number of anilines is 1. The number of oxazole rings is 1. The Balaban J connectivity index is 1.65. The van der Waals surface area contributed by atoms with Gasteiger partial charge >= 0.3 is 0 Å². The molecule has 2 aromatic heterocycles. The molecule has 0 saturated heterocycles. The van der Waals surface area contributed by atoms with E-state index in [1.165, 1.54) is 17.3 Å². The topological polar surface area (TPSA) is 103 Å². The normalized spacial score (nSPS) is 10.7. The molecule has 0 atom stereocenters. The maximum atomic E-state index is 12.7. The molecule has 4 rings (SSSR count). The molecule has 0 unspecified atom stereocenters. The first kappa shape index (κ1) is 18.3. The molecule has 2 aromatic carbocycles. The summed E-state index contributed by atoms with van der Waals surface area (Å²) in [4.78, 5) is 33.3. The Labute approximate surface area is 166 Å². The highest BCUT2D eigenvalue weighted by Crippen LogP contribution is 2.17. The molecule has 0 aliphatic carbocycles. The first-order valence-corrected chi connectivity index (χ1v) is 8.91. The molecule has 8 nitrogen and oxygen atoms in total. The van der Waals surface area contributed by atoms with E-state index in [0.717, 1.165) is 5.56 Å². The van der Waals surface area contributed by atoms with Crippen LogP contribution in [0, 0.1) is 6.92 Å². The van der Waals surface area contributed by atoms with E-state index < -0.39 is 5.91 Å².